The molecule has 0 saturated heterocycles. The Morgan fingerprint density at radius 2 is 1.61 bits per heavy atom. The molecule has 0 aliphatic heterocycles. The standard InChI is InChI=1S/C28H25Cl2NO2/c1-16-12-17(2)26-22(13-16)23(15-25(31-26)21-11-8-19(29)14-24(21)30)27(32)33-20-9-6-18(7-10-20)28(3,4)5/h6-15H,1-5H3. The molecule has 1 aromatic heterocycles. The summed E-state index contributed by atoms with van der Waals surface area (Å²) in [4.78, 5) is 18.2. The van der Waals surface area contributed by atoms with Crippen molar-refractivity contribution in [3.05, 3.63) is 93.0 Å². The van der Waals surface area contributed by atoms with Crippen LogP contribution in [0.25, 0.3) is 22.2 Å². The minimum atomic E-state index is -0.442. The van der Waals surface area contributed by atoms with E-state index in [0.717, 1.165) is 22.0 Å². The quantitative estimate of drug-likeness (QED) is 0.219. The summed E-state index contributed by atoms with van der Waals surface area (Å²) in [6.07, 6.45) is 0. The number of carbonyl (C=O) groups excluding carboxylic acids is 1. The monoisotopic (exact) mass is 477 g/mol. The Labute approximate surface area is 204 Å². The molecule has 1 heterocycles. The second kappa shape index (κ2) is 8.81. The smallest absolute Gasteiger partial charge is 0.344 e. The van der Waals surface area contributed by atoms with Gasteiger partial charge in [-0.25, -0.2) is 9.78 Å². The van der Waals surface area contributed by atoms with Crippen LogP contribution in [0.2, 0.25) is 10.0 Å². The maximum atomic E-state index is 13.4. The summed E-state index contributed by atoms with van der Waals surface area (Å²) >= 11 is 12.5. The molecule has 0 atom stereocenters. The van der Waals surface area contributed by atoms with Crippen molar-refractivity contribution in [2.75, 3.05) is 0 Å². The lowest BCUT2D eigenvalue weighted by atomic mass is 9.87. The van der Waals surface area contributed by atoms with Crippen LogP contribution >= 0.6 is 23.2 Å². The number of fused-ring (bicyclic) bond motifs is 1. The molecule has 0 radical (unpaired) electrons. The molecular weight excluding hydrogens is 453 g/mol. The van der Waals surface area contributed by atoms with E-state index in [9.17, 15) is 4.79 Å². The number of hydrogen-bond acceptors (Lipinski definition) is 3. The Bertz CT molecular complexity index is 1370. The number of ether oxygens (including phenoxy) is 1. The molecule has 0 fully saturated rings. The van der Waals surface area contributed by atoms with Gasteiger partial charge in [-0.3, -0.25) is 0 Å². The number of aromatic nitrogens is 1. The van der Waals surface area contributed by atoms with Crippen molar-refractivity contribution in [3.8, 4) is 17.0 Å². The van der Waals surface area contributed by atoms with Gasteiger partial charge in [0.2, 0.25) is 0 Å². The maximum absolute atomic E-state index is 13.4. The lowest BCUT2D eigenvalue weighted by Crippen LogP contribution is -2.12. The van der Waals surface area contributed by atoms with Crippen LogP contribution < -0.4 is 4.74 Å². The first kappa shape index (κ1) is 23.3. The van der Waals surface area contributed by atoms with Crippen LogP contribution in [-0.4, -0.2) is 11.0 Å². The number of aryl methyl sites for hydroxylation is 2. The van der Waals surface area contributed by atoms with E-state index < -0.39 is 5.97 Å². The van der Waals surface area contributed by atoms with Crippen molar-refractivity contribution < 1.29 is 9.53 Å². The van der Waals surface area contributed by atoms with Crippen molar-refractivity contribution >= 4 is 40.1 Å². The molecule has 0 amide bonds. The zero-order chi connectivity index (χ0) is 23.9. The van der Waals surface area contributed by atoms with Crippen LogP contribution in [0.3, 0.4) is 0 Å². The number of halogens is 2. The van der Waals surface area contributed by atoms with Crippen molar-refractivity contribution in [2.24, 2.45) is 0 Å². The highest BCUT2D eigenvalue weighted by Gasteiger charge is 2.19. The predicted molar refractivity (Wildman–Crippen MR) is 137 cm³/mol. The van der Waals surface area contributed by atoms with Gasteiger partial charge in [-0.15, -0.1) is 0 Å². The second-order valence-corrected chi connectivity index (χ2v) is 10.2. The minimum absolute atomic E-state index is 0.0195. The van der Waals surface area contributed by atoms with Crippen molar-refractivity contribution in [1.29, 1.82) is 0 Å². The van der Waals surface area contributed by atoms with Gasteiger partial charge in [0.15, 0.2) is 0 Å². The molecule has 5 heteroatoms. The summed E-state index contributed by atoms with van der Waals surface area (Å²) in [6, 6.07) is 18.6. The van der Waals surface area contributed by atoms with Crippen molar-refractivity contribution in [2.45, 2.75) is 40.0 Å². The Morgan fingerprint density at radius 1 is 0.909 bits per heavy atom. The van der Waals surface area contributed by atoms with Gasteiger partial charge in [0.1, 0.15) is 5.75 Å². The highest BCUT2D eigenvalue weighted by atomic mass is 35.5. The van der Waals surface area contributed by atoms with Crippen molar-refractivity contribution in [1.82, 2.24) is 4.98 Å². The first-order valence-corrected chi connectivity index (χ1v) is 11.5. The third-order valence-electron chi connectivity index (χ3n) is 5.61. The normalized spacial score (nSPS) is 11.6. The molecule has 4 rings (SSSR count). The molecule has 0 saturated carbocycles. The fraction of sp³-hybridized carbons (Fsp3) is 0.214. The van der Waals surface area contributed by atoms with Crippen LogP contribution in [0.4, 0.5) is 0 Å². The molecule has 0 aliphatic rings. The average molecular weight is 478 g/mol. The summed E-state index contributed by atoms with van der Waals surface area (Å²) in [6.45, 7) is 10.4. The van der Waals surface area contributed by atoms with E-state index in [1.54, 1.807) is 18.2 Å². The number of hydrogen-bond donors (Lipinski definition) is 0. The second-order valence-electron chi connectivity index (χ2n) is 9.32. The third kappa shape index (κ3) is 4.90. The zero-order valence-electron chi connectivity index (χ0n) is 19.3. The van der Waals surface area contributed by atoms with Crippen LogP contribution in [0.5, 0.6) is 5.75 Å². The van der Waals surface area contributed by atoms with E-state index in [4.69, 9.17) is 32.9 Å². The average Bonchev–Trinajstić information content (AvgIpc) is 2.73. The third-order valence-corrected chi connectivity index (χ3v) is 6.15. The molecule has 0 N–H and O–H groups in total. The summed E-state index contributed by atoms with van der Waals surface area (Å²) in [5.74, 6) is 0.0515. The molecule has 0 unspecified atom stereocenters. The molecule has 4 aromatic rings. The highest BCUT2D eigenvalue weighted by molar-refractivity contribution is 6.36. The van der Waals surface area contributed by atoms with E-state index >= 15 is 0 Å². The van der Waals surface area contributed by atoms with Crippen LogP contribution in [0.15, 0.2) is 60.7 Å². The topological polar surface area (TPSA) is 39.2 Å². The summed E-state index contributed by atoms with van der Waals surface area (Å²) in [5.41, 5.74) is 5.67. The number of carbonyl (C=O) groups is 1. The molecule has 0 spiro atoms. The van der Waals surface area contributed by atoms with Gasteiger partial charge >= 0.3 is 5.97 Å². The SMILES string of the molecule is Cc1cc(C)c2nc(-c3ccc(Cl)cc3Cl)cc(C(=O)Oc3ccc(C(C)(C)C)cc3)c2c1. The number of pyridine rings is 1. The number of esters is 1. The Hall–Kier alpha value is -2.88. The van der Waals surface area contributed by atoms with Crippen LogP contribution in [0, 0.1) is 13.8 Å². The summed E-state index contributed by atoms with van der Waals surface area (Å²) in [7, 11) is 0. The van der Waals surface area contributed by atoms with E-state index in [1.807, 2.05) is 56.3 Å². The number of benzene rings is 3. The Kier molecular flexibility index (Phi) is 6.22. The number of rotatable bonds is 3. The molecule has 3 aromatic carbocycles. The van der Waals surface area contributed by atoms with Crippen LogP contribution in [-0.2, 0) is 5.41 Å². The van der Waals surface area contributed by atoms with E-state index in [-0.39, 0.29) is 5.41 Å². The highest BCUT2D eigenvalue weighted by Crippen LogP contribution is 2.33. The molecule has 3 nitrogen and oxygen atoms in total. The van der Waals surface area contributed by atoms with Gasteiger partial charge in [-0.2, -0.15) is 0 Å². The largest absolute Gasteiger partial charge is 0.423 e. The molecule has 168 valence electrons. The van der Waals surface area contributed by atoms with Gasteiger partial charge in [0.05, 0.1) is 21.8 Å². The van der Waals surface area contributed by atoms with Crippen LogP contribution in [0.1, 0.15) is 47.8 Å². The first-order chi connectivity index (χ1) is 15.5. The van der Waals surface area contributed by atoms with E-state index in [0.29, 0.717) is 32.6 Å². The molecule has 0 bridgehead atoms. The van der Waals surface area contributed by atoms with Gasteiger partial charge in [0, 0.05) is 16.0 Å². The fourth-order valence-electron chi connectivity index (χ4n) is 3.87. The summed E-state index contributed by atoms with van der Waals surface area (Å²) in [5, 5.41) is 1.75. The fourth-order valence-corrected chi connectivity index (χ4v) is 4.38. The van der Waals surface area contributed by atoms with Gasteiger partial charge < -0.3 is 4.74 Å². The minimum Gasteiger partial charge on any atom is -0.423 e. The zero-order valence-corrected chi connectivity index (χ0v) is 20.8. The molecule has 0 aliphatic carbocycles. The lowest BCUT2D eigenvalue weighted by Gasteiger charge is -2.19. The van der Waals surface area contributed by atoms with Gasteiger partial charge in [-0.05, 0) is 72.9 Å². The van der Waals surface area contributed by atoms with Crippen molar-refractivity contribution in [3.63, 3.8) is 0 Å². The van der Waals surface area contributed by atoms with Gasteiger partial charge in [-0.1, -0.05) is 67.7 Å². The van der Waals surface area contributed by atoms with E-state index in [2.05, 4.69) is 20.8 Å². The van der Waals surface area contributed by atoms with Gasteiger partial charge in [0.25, 0.3) is 0 Å². The lowest BCUT2D eigenvalue weighted by molar-refractivity contribution is 0.0737. The molecule has 33 heavy (non-hydrogen) atoms. The summed E-state index contributed by atoms with van der Waals surface area (Å²) < 4.78 is 5.78. The number of nitrogens with zero attached hydrogens (tertiary/aromatic N) is 1. The maximum Gasteiger partial charge on any atom is 0.344 e. The molecular formula is C28H25Cl2NO2. The Morgan fingerprint density at radius 3 is 2.24 bits per heavy atom. The Balaban J connectivity index is 1.82. The van der Waals surface area contributed by atoms with E-state index in [1.165, 1.54) is 5.56 Å². The predicted octanol–water partition coefficient (Wildman–Crippen LogP) is 8.34. The first-order valence-electron chi connectivity index (χ1n) is 10.7.